The van der Waals surface area contributed by atoms with Crippen molar-refractivity contribution >= 4 is 19.8 Å². The number of phosphoric ester groups is 1. The van der Waals surface area contributed by atoms with Crippen LogP contribution in [0.15, 0.2) is 85.1 Å². The van der Waals surface area contributed by atoms with E-state index in [-0.39, 0.29) is 26.1 Å². The maximum atomic E-state index is 12.6. The zero-order chi connectivity index (χ0) is 41.2. The first-order valence-corrected chi connectivity index (χ1v) is 22.1. The van der Waals surface area contributed by atoms with Crippen LogP contribution in [0.3, 0.4) is 0 Å². The van der Waals surface area contributed by atoms with E-state index in [2.05, 4.69) is 84.4 Å². The lowest BCUT2D eigenvalue weighted by Crippen LogP contribution is -2.29. The molecule has 12 heteroatoms. The minimum absolute atomic E-state index is 0.0853. The summed E-state index contributed by atoms with van der Waals surface area (Å²) in [6.07, 6.45) is 44.3. The highest BCUT2D eigenvalue weighted by atomic mass is 31.2. The van der Waals surface area contributed by atoms with Crippen molar-refractivity contribution in [1.29, 1.82) is 0 Å². The smallest absolute Gasteiger partial charge is 0.462 e. The van der Waals surface area contributed by atoms with Crippen LogP contribution in [0.5, 0.6) is 0 Å². The maximum Gasteiger partial charge on any atom is 0.472 e. The lowest BCUT2D eigenvalue weighted by molar-refractivity contribution is -0.161. The summed E-state index contributed by atoms with van der Waals surface area (Å²) in [4.78, 5) is 34.9. The second kappa shape index (κ2) is 40.3. The van der Waals surface area contributed by atoms with E-state index in [4.69, 9.17) is 24.2 Å². The van der Waals surface area contributed by atoms with Gasteiger partial charge in [-0.15, -0.1) is 0 Å². The van der Waals surface area contributed by atoms with E-state index in [1.54, 1.807) is 0 Å². The van der Waals surface area contributed by atoms with Gasteiger partial charge in [0.2, 0.25) is 0 Å². The van der Waals surface area contributed by atoms with Crippen LogP contribution in [0.1, 0.15) is 135 Å². The SMILES string of the molecule is CCCCC/C=C\C/C=C\C/C=C\CCCCC(=O)OC[C@H](COP(=O)(O)OC[C@@H](O)CO)OC(=O)CCC/C=C\C/C=C\C/C=C\C/C=C\CCCCCO. The molecule has 0 aromatic carbocycles. The predicted molar refractivity (Wildman–Crippen MR) is 225 cm³/mol. The molecule has 320 valence electrons. The van der Waals surface area contributed by atoms with Crippen LogP contribution in [-0.4, -0.2) is 77.4 Å². The Hall–Kier alpha value is -2.89. The second-order valence-electron chi connectivity index (χ2n) is 13.4. The number of aliphatic hydroxyl groups is 3. The van der Waals surface area contributed by atoms with Gasteiger partial charge in [0.05, 0.1) is 19.8 Å². The minimum atomic E-state index is -4.65. The van der Waals surface area contributed by atoms with Gasteiger partial charge in [0.15, 0.2) is 6.10 Å². The first kappa shape index (κ1) is 53.1. The quantitative estimate of drug-likeness (QED) is 0.0203. The molecule has 0 saturated carbocycles. The molecule has 3 atom stereocenters. The fourth-order valence-electron chi connectivity index (χ4n) is 4.85. The van der Waals surface area contributed by atoms with Crippen LogP contribution in [0.2, 0.25) is 0 Å². The molecule has 0 amide bonds. The Labute approximate surface area is 337 Å². The minimum Gasteiger partial charge on any atom is -0.462 e. The molecule has 0 aliphatic heterocycles. The van der Waals surface area contributed by atoms with Gasteiger partial charge in [-0.2, -0.15) is 0 Å². The van der Waals surface area contributed by atoms with E-state index >= 15 is 0 Å². The Balaban J connectivity index is 4.51. The number of hydrogen-bond acceptors (Lipinski definition) is 10. The summed E-state index contributed by atoms with van der Waals surface area (Å²) in [5.74, 6) is -1.06. The van der Waals surface area contributed by atoms with E-state index in [0.29, 0.717) is 19.3 Å². The number of allylic oxidation sites excluding steroid dienone is 14. The molecule has 56 heavy (non-hydrogen) atoms. The van der Waals surface area contributed by atoms with Crippen LogP contribution >= 0.6 is 7.82 Å². The Bertz CT molecular complexity index is 1210. The molecule has 0 radical (unpaired) electrons. The maximum absolute atomic E-state index is 12.6. The van der Waals surface area contributed by atoms with E-state index in [1.165, 1.54) is 19.3 Å². The predicted octanol–water partition coefficient (Wildman–Crippen LogP) is 9.64. The van der Waals surface area contributed by atoms with Gasteiger partial charge in [0, 0.05) is 19.4 Å². The number of ether oxygens (including phenoxy) is 2. The first-order chi connectivity index (χ1) is 27.2. The fourth-order valence-corrected chi connectivity index (χ4v) is 5.64. The number of rotatable bonds is 38. The van der Waals surface area contributed by atoms with Crippen molar-refractivity contribution in [1.82, 2.24) is 0 Å². The van der Waals surface area contributed by atoms with Gasteiger partial charge in [-0.25, -0.2) is 4.57 Å². The number of carbonyl (C=O) groups is 2. The molecule has 0 spiro atoms. The molecule has 4 N–H and O–H groups in total. The number of hydrogen-bond donors (Lipinski definition) is 4. The van der Waals surface area contributed by atoms with E-state index in [9.17, 15) is 24.2 Å². The third kappa shape index (κ3) is 39.3. The molecule has 11 nitrogen and oxygen atoms in total. The molecule has 0 fully saturated rings. The van der Waals surface area contributed by atoms with Crippen molar-refractivity contribution in [2.75, 3.05) is 33.0 Å². The molecule has 0 aliphatic carbocycles. The van der Waals surface area contributed by atoms with Crippen molar-refractivity contribution in [3.8, 4) is 0 Å². The molecule has 0 rings (SSSR count). The standard InChI is InChI=1S/C44H73O11P/c1-2-3-4-5-6-7-8-9-13-16-19-22-25-28-31-34-43(48)52-39-42(40-54-56(50,51)53-38-41(47)37-46)55-44(49)35-32-29-26-23-20-17-14-11-10-12-15-18-21-24-27-30-33-36-45/h6-7,9-10,12-14,17-19,21-23,26,41-42,45-47H,2-5,8,11,15-16,20,24-25,27-40H2,1H3,(H,50,51)/b7-6-,12-10-,13-9-,17-14-,21-18-,22-19-,26-23-/t41-,42+/m0/s1. The van der Waals surface area contributed by atoms with Crippen LogP contribution in [0.4, 0.5) is 0 Å². The third-order valence-corrected chi connectivity index (χ3v) is 9.03. The molecule has 0 aliphatic rings. The van der Waals surface area contributed by atoms with Crippen molar-refractivity contribution in [3.05, 3.63) is 85.1 Å². The van der Waals surface area contributed by atoms with Crippen LogP contribution in [0.25, 0.3) is 0 Å². The number of phosphoric acid groups is 1. The van der Waals surface area contributed by atoms with Crippen molar-refractivity contribution in [2.24, 2.45) is 0 Å². The molecular weight excluding hydrogens is 735 g/mol. The summed E-state index contributed by atoms with van der Waals surface area (Å²) in [6.45, 7) is 0.215. The summed E-state index contributed by atoms with van der Waals surface area (Å²) >= 11 is 0. The van der Waals surface area contributed by atoms with Crippen molar-refractivity contribution in [3.63, 3.8) is 0 Å². The van der Waals surface area contributed by atoms with Gasteiger partial charge in [-0.05, 0) is 96.3 Å². The van der Waals surface area contributed by atoms with Gasteiger partial charge < -0.3 is 29.7 Å². The lowest BCUT2D eigenvalue weighted by Gasteiger charge is -2.20. The van der Waals surface area contributed by atoms with Gasteiger partial charge in [-0.1, -0.05) is 111 Å². The van der Waals surface area contributed by atoms with E-state index in [1.807, 2.05) is 12.2 Å². The summed E-state index contributed by atoms with van der Waals surface area (Å²) in [5, 5.41) is 27.1. The highest BCUT2D eigenvalue weighted by molar-refractivity contribution is 7.47. The molecule has 1 unspecified atom stereocenters. The van der Waals surface area contributed by atoms with Crippen LogP contribution in [-0.2, 0) is 32.7 Å². The highest BCUT2D eigenvalue weighted by Crippen LogP contribution is 2.43. The summed E-state index contributed by atoms with van der Waals surface area (Å²) in [6, 6.07) is 0. The molecule has 0 bridgehead atoms. The van der Waals surface area contributed by atoms with Crippen molar-refractivity contribution in [2.45, 2.75) is 148 Å². The molecule has 0 saturated heterocycles. The Morgan fingerprint density at radius 2 is 1.00 bits per heavy atom. The second-order valence-corrected chi connectivity index (χ2v) is 14.8. The van der Waals surface area contributed by atoms with E-state index < -0.39 is 51.8 Å². The monoisotopic (exact) mass is 808 g/mol. The van der Waals surface area contributed by atoms with Crippen LogP contribution in [0, 0.1) is 0 Å². The Morgan fingerprint density at radius 3 is 1.50 bits per heavy atom. The lowest BCUT2D eigenvalue weighted by atomic mass is 10.1. The number of esters is 2. The normalized spacial score (nSPS) is 14.7. The largest absolute Gasteiger partial charge is 0.472 e. The molecular formula is C44H73O11P. The third-order valence-electron chi connectivity index (χ3n) is 8.08. The summed E-state index contributed by atoms with van der Waals surface area (Å²) < 4.78 is 32.5. The molecule has 0 heterocycles. The Kier molecular flexibility index (Phi) is 38.2. The number of aliphatic hydroxyl groups excluding tert-OH is 3. The average molecular weight is 809 g/mol. The van der Waals surface area contributed by atoms with Gasteiger partial charge >= 0.3 is 19.8 Å². The zero-order valence-electron chi connectivity index (χ0n) is 34.0. The van der Waals surface area contributed by atoms with Crippen LogP contribution < -0.4 is 0 Å². The first-order valence-electron chi connectivity index (χ1n) is 20.7. The summed E-state index contributed by atoms with van der Waals surface area (Å²) in [5.41, 5.74) is 0. The van der Waals surface area contributed by atoms with E-state index in [0.717, 1.165) is 77.0 Å². The zero-order valence-corrected chi connectivity index (χ0v) is 34.9. The van der Waals surface area contributed by atoms with Crippen molar-refractivity contribution < 1.29 is 52.9 Å². The fraction of sp³-hybridized carbons (Fsp3) is 0.636. The van der Waals surface area contributed by atoms with Gasteiger partial charge in [0.1, 0.15) is 12.7 Å². The topological polar surface area (TPSA) is 169 Å². The Morgan fingerprint density at radius 1 is 0.554 bits per heavy atom. The van der Waals surface area contributed by atoms with Gasteiger partial charge in [0.25, 0.3) is 0 Å². The molecule has 0 aromatic heterocycles. The molecule has 0 aromatic rings. The highest BCUT2D eigenvalue weighted by Gasteiger charge is 2.27. The average Bonchev–Trinajstić information content (AvgIpc) is 3.19. The number of carbonyl (C=O) groups excluding carboxylic acids is 2. The number of unbranched alkanes of at least 4 members (excludes halogenated alkanes) is 9. The van der Waals surface area contributed by atoms with Gasteiger partial charge in [-0.3, -0.25) is 18.6 Å². The summed E-state index contributed by atoms with van der Waals surface area (Å²) in [7, 11) is -4.65.